The van der Waals surface area contributed by atoms with Crippen LogP contribution in [0.3, 0.4) is 0 Å². The molecule has 1 N–H and O–H groups in total. The van der Waals surface area contributed by atoms with Gasteiger partial charge in [0, 0.05) is 5.56 Å². The van der Waals surface area contributed by atoms with Crippen LogP contribution in [-0.2, 0) is 22.7 Å². The van der Waals surface area contributed by atoms with E-state index in [9.17, 15) is 14.4 Å². The van der Waals surface area contributed by atoms with Crippen LogP contribution in [0.1, 0.15) is 11.5 Å². The van der Waals surface area contributed by atoms with E-state index in [0.29, 0.717) is 17.3 Å². The molecule has 4 aromatic rings. The molecule has 2 heterocycles. The van der Waals surface area contributed by atoms with Gasteiger partial charge in [0.15, 0.2) is 0 Å². The number of hydrogen-bond acceptors (Lipinski definition) is 6. The van der Waals surface area contributed by atoms with Gasteiger partial charge in [-0.2, -0.15) is 0 Å². The third-order valence-electron chi connectivity index (χ3n) is 4.45. The molecule has 4 rings (SSSR count). The summed E-state index contributed by atoms with van der Waals surface area (Å²) < 4.78 is 11.8. The van der Waals surface area contributed by atoms with Crippen molar-refractivity contribution >= 4 is 16.7 Å². The standard InChI is InChI=1S/C21H17N3O5/c1-13-17(22-20(29-13)14-7-3-2-4-8-14)12-28-18(25)11-24-21(27)16-10-6-5-9-15(16)19(26)23-24/h2-10H,11-12H2,1H3,(H,23,26). The maximum Gasteiger partial charge on any atom is 0.328 e. The molecule has 0 spiro atoms. The minimum absolute atomic E-state index is 0.104. The zero-order chi connectivity index (χ0) is 20.4. The van der Waals surface area contributed by atoms with Crippen molar-refractivity contribution in [2.75, 3.05) is 0 Å². The molecule has 0 aliphatic heterocycles. The van der Waals surface area contributed by atoms with Crippen LogP contribution in [0.4, 0.5) is 0 Å². The second-order valence-electron chi connectivity index (χ2n) is 6.43. The van der Waals surface area contributed by atoms with Crippen molar-refractivity contribution in [3.63, 3.8) is 0 Å². The highest BCUT2D eigenvalue weighted by Gasteiger charge is 2.15. The van der Waals surface area contributed by atoms with E-state index >= 15 is 0 Å². The van der Waals surface area contributed by atoms with E-state index in [0.717, 1.165) is 10.2 Å². The highest BCUT2D eigenvalue weighted by atomic mass is 16.5. The first kappa shape index (κ1) is 18.4. The number of benzene rings is 2. The third kappa shape index (κ3) is 3.73. The zero-order valence-corrected chi connectivity index (χ0v) is 15.5. The molecule has 0 aliphatic rings. The number of fused-ring (bicyclic) bond motifs is 1. The SMILES string of the molecule is Cc1oc(-c2ccccc2)nc1COC(=O)Cn1[nH]c(=O)c2ccccc2c1=O. The van der Waals surface area contributed by atoms with Gasteiger partial charge >= 0.3 is 5.97 Å². The van der Waals surface area contributed by atoms with Gasteiger partial charge in [0.1, 0.15) is 24.6 Å². The molecule has 8 heteroatoms. The number of carbonyl (C=O) groups excluding carboxylic acids is 1. The number of H-pyrrole nitrogens is 1. The molecule has 146 valence electrons. The molecular weight excluding hydrogens is 374 g/mol. The quantitative estimate of drug-likeness (QED) is 0.524. The monoisotopic (exact) mass is 391 g/mol. The minimum atomic E-state index is -0.679. The summed E-state index contributed by atoms with van der Waals surface area (Å²) in [6, 6.07) is 15.8. The lowest BCUT2D eigenvalue weighted by Gasteiger charge is -2.07. The zero-order valence-electron chi connectivity index (χ0n) is 15.5. The molecule has 0 aliphatic carbocycles. The van der Waals surface area contributed by atoms with Gasteiger partial charge in [-0.1, -0.05) is 30.3 Å². The lowest BCUT2D eigenvalue weighted by Crippen LogP contribution is -2.32. The fourth-order valence-corrected chi connectivity index (χ4v) is 2.95. The number of nitrogens with one attached hydrogen (secondary N) is 1. The van der Waals surface area contributed by atoms with Crippen LogP contribution in [0.15, 0.2) is 68.6 Å². The lowest BCUT2D eigenvalue weighted by atomic mass is 10.2. The minimum Gasteiger partial charge on any atom is -0.458 e. The van der Waals surface area contributed by atoms with Crippen LogP contribution in [0.2, 0.25) is 0 Å². The van der Waals surface area contributed by atoms with E-state index in [1.54, 1.807) is 31.2 Å². The summed E-state index contributed by atoms with van der Waals surface area (Å²) in [4.78, 5) is 41.1. The molecule has 29 heavy (non-hydrogen) atoms. The molecule has 0 saturated carbocycles. The molecule has 2 aromatic heterocycles. The Morgan fingerprint density at radius 2 is 1.76 bits per heavy atom. The Morgan fingerprint density at radius 3 is 2.52 bits per heavy atom. The number of aromatic amines is 1. The van der Waals surface area contributed by atoms with Crippen molar-refractivity contribution in [1.29, 1.82) is 0 Å². The molecule has 0 saturated heterocycles. The maximum absolute atomic E-state index is 12.5. The van der Waals surface area contributed by atoms with Crippen LogP contribution in [0.5, 0.6) is 0 Å². The second-order valence-corrected chi connectivity index (χ2v) is 6.43. The Kier molecular flexibility index (Phi) is 4.82. The average molecular weight is 391 g/mol. The number of esters is 1. The van der Waals surface area contributed by atoms with Crippen molar-refractivity contribution in [2.45, 2.75) is 20.1 Å². The number of carbonyl (C=O) groups is 1. The molecule has 0 unspecified atom stereocenters. The van der Waals surface area contributed by atoms with E-state index in [1.165, 1.54) is 0 Å². The summed E-state index contributed by atoms with van der Waals surface area (Å²) in [7, 11) is 0. The summed E-state index contributed by atoms with van der Waals surface area (Å²) in [6.07, 6.45) is 0. The molecule has 8 nitrogen and oxygen atoms in total. The van der Waals surface area contributed by atoms with Gasteiger partial charge < -0.3 is 9.15 Å². The largest absolute Gasteiger partial charge is 0.458 e. The van der Waals surface area contributed by atoms with E-state index in [1.807, 2.05) is 30.3 Å². The first-order chi connectivity index (χ1) is 14.0. The van der Waals surface area contributed by atoms with Gasteiger partial charge in [0.2, 0.25) is 5.89 Å². The molecule has 2 aromatic carbocycles. The van der Waals surface area contributed by atoms with Crippen molar-refractivity contribution < 1.29 is 13.9 Å². The maximum atomic E-state index is 12.5. The van der Waals surface area contributed by atoms with Crippen LogP contribution < -0.4 is 11.1 Å². The van der Waals surface area contributed by atoms with Crippen molar-refractivity contribution in [2.24, 2.45) is 0 Å². The van der Waals surface area contributed by atoms with E-state index < -0.39 is 23.6 Å². The number of aromatic nitrogens is 3. The molecule has 0 fully saturated rings. The summed E-state index contributed by atoms with van der Waals surface area (Å²) in [5.41, 5.74) is 0.374. The summed E-state index contributed by atoms with van der Waals surface area (Å²) in [6.45, 7) is 1.21. The predicted octanol–water partition coefficient (Wildman–Crippen LogP) is 2.40. The number of rotatable bonds is 5. The lowest BCUT2D eigenvalue weighted by molar-refractivity contribution is -0.146. The fourth-order valence-electron chi connectivity index (χ4n) is 2.95. The Labute approximate surface area is 164 Å². The smallest absolute Gasteiger partial charge is 0.328 e. The highest BCUT2D eigenvalue weighted by Crippen LogP contribution is 2.21. The molecule has 0 atom stereocenters. The number of nitrogens with zero attached hydrogens (tertiary/aromatic N) is 2. The summed E-state index contributed by atoms with van der Waals surface area (Å²) in [5.74, 6) is 0.291. The number of ether oxygens (including phenoxy) is 1. The Balaban J connectivity index is 1.48. The summed E-state index contributed by atoms with van der Waals surface area (Å²) >= 11 is 0. The van der Waals surface area contributed by atoms with Gasteiger partial charge in [-0.05, 0) is 31.2 Å². The molecular formula is C21H17N3O5. The van der Waals surface area contributed by atoms with E-state index in [2.05, 4.69) is 10.1 Å². The number of hydrogen-bond donors (Lipinski definition) is 1. The van der Waals surface area contributed by atoms with Crippen molar-refractivity contribution in [1.82, 2.24) is 14.8 Å². The Bertz CT molecular complexity index is 1300. The van der Waals surface area contributed by atoms with Crippen LogP contribution in [0.25, 0.3) is 22.2 Å². The average Bonchev–Trinajstić information content (AvgIpc) is 3.11. The summed E-state index contributed by atoms with van der Waals surface area (Å²) in [5, 5.41) is 2.91. The van der Waals surface area contributed by atoms with Crippen LogP contribution in [-0.4, -0.2) is 20.7 Å². The van der Waals surface area contributed by atoms with Gasteiger partial charge in [0.05, 0.1) is 10.8 Å². The van der Waals surface area contributed by atoms with E-state index in [4.69, 9.17) is 9.15 Å². The fraction of sp³-hybridized carbons (Fsp3) is 0.143. The highest BCUT2D eigenvalue weighted by molar-refractivity contribution is 5.80. The predicted molar refractivity (Wildman–Crippen MR) is 105 cm³/mol. The van der Waals surface area contributed by atoms with Gasteiger partial charge in [-0.15, -0.1) is 0 Å². The van der Waals surface area contributed by atoms with Gasteiger partial charge in [-0.25, -0.2) is 9.67 Å². The first-order valence-electron chi connectivity index (χ1n) is 8.92. The third-order valence-corrected chi connectivity index (χ3v) is 4.45. The van der Waals surface area contributed by atoms with E-state index in [-0.39, 0.29) is 17.4 Å². The normalized spacial score (nSPS) is 10.9. The topological polar surface area (TPSA) is 107 Å². The Hall–Kier alpha value is -3.94. The van der Waals surface area contributed by atoms with Gasteiger partial charge in [0.25, 0.3) is 11.1 Å². The number of aryl methyl sites for hydroxylation is 1. The molecule has 0 bridgehead atoms. The second kappa shape index (κ2) is 7.59. The van der Waals surface area contributed by atoms with Crippen LogP contribution in [0, 0.1) is 6.92 Å². The van der Waals surface area contributed by atoms with Crippen molar-refractivity contribution in [3.8, 4) is 11.5 Å². The first-order valence-corrected chi connectivity index (χ1v) is 8.92. The van der Waals surface area contributed by atoms with Crippen LogP contribution >= 0.6 is 0 Å². The number of oxazole rings is 1. The van der Waals surface area contributed by atoms with Gasteiger partial charge in [-0.3, -0.25) is 19.5 Å². The van der Waals surface area contributed by atoms with Crippen molar-refractivity contribution in [3.05, 3.63) is 86.8 Å². The Morgan fingerprint density at radius 1 is 1.07 bits per heavy atom. The molecule has 0 amide bonds. The molecule has 0 radical (unpaired) electrons.